The maximum absolute atomic E-state index is 11.9. The van der Waals surface area contributed by atoms with Crippen molar-refractivity contribution in [3.8, 4) is 5.75 Å². The molecule has 0 fully saturated rings. The highest BCUT2D eigenvalue weighted by Crippen LogP contribution is 2.27. The SMILES string of the molecule is COC(=O)Nc1cn(CC(=O)Nc2ccc(OC)c(Cl)c2)nn1. The Morgan fingerprint density at radius 1 is 1.30 bits per heavy atom. The van der Waals surface area contributed by atoms with E-state index in [0.29, 0.717) is 16.5 Å². The molecule has 0 atom stereocenters. The summed E-state index contributed by atoms with van der Waals surface area (Å²) in [5.41, 5.74) is 0.522. The standard InChI is InChI=1S/C13H14ClN5O4/c1-22-10-4-3-8(5-9(10)14)15-12(20)7-19-6-11(17-18-19)16-13(21)23-2/h3-6H,7H2,1-2H3,(H,15,20)(H,16,21). The number of benzene rings is 1. The molecular weight excluding hydrogens is 326 g/mol. The number of carbonyl (C=O) groups is 2. The van der Waals surface area contributed by atoms with E-state index in [-0.39, 0.29) is 18.3 Å². The van der Waals surface area contributed by atoms with Crippen LogP contribution >= 0.6 is 11.6 Å². The van der Waals surface area contributed by atoms with E-state index in [9.17, 15) is 9.59 Å². The number of anilines is 2. The van der Waals surface area contributed by atoms with E-state index in [4.69, 9.17) is 16.3 Å². The molecule has 0 radical (unpaired) electrons. The van der Waals surface area contributed by atoms with Gasteiger partial charge in [-0.05, 0) is 18.2 Å². The Balaban J connectivity index is 1.94. The molecule has 2 N–H and O–H groups in total. The molecule has 1 heterocycles. The Kier molecular flexibility index (Phi) is 5.36. The fourth-order valence-electron chi connectivity index (χ4n) is 1.68. The van der Waals surface area contributed by atoms with Crippen LogP contribution in [0.4, 0.5) is 16.3 Å². The normalized spacial score (nSPS) is 10.0. The average molecular weight is 340 g/mol. The summed E-state index contributed by atoms with van der Waals surface area (Å²) in [6.45, 7) is -0.0838. The van der Waals surface area contributed by atoms with Crippen molar-refractivity contribution >= 4 is 35.1 Å². The number of carbonyl (C=O) groups excluding carboxylic acids is 2. The van der Waals surface area contributed by atoms with Gasteiger partial charge in [0.25, 0.3) is 0 Å². The molecule has 0 saturated heterocycles. The number of rotatable bonds is 5. The summed E-state index contributed by atoms with van der Waals surface area (Å²) >= 11 is 5.98. The molecule has 10 heteroatoms. The van der Waals surface area contributed by atoms with Gasteiger partial charge in [0.05, 0.1) is 25.4 Å². The fourth-order valence-corrected chi connectivity index (χ4v) is 1.94. The highest BCUT2D eigenvalue weighted by molar-refractivity contribution is 6.32. The Morgan fingerprint density at radius 2 is 2.09 bits per heavy atom. The molecule has 1 aromatic carbocycles. The topological polar surface area (TPSA) is 107 Å². The predicted octanol–water partition coefficient (Wildman–Crippen LogP) is 1.76. The van der Waals surface area contributed by atoms with Crippen LogP contribution in [0.15, 0.2) is 24.4 Å². The molecule has 122 valence electrons. The van der Waals surface area contributed by atoms with Gasteiger partial charge in [0.2, 0.25) is 5.91 Å². The van der Waals surface area contributed by atoms with Gasteiger partial charge in [0.1, 0.15) is 12.3 Å². The van der Waals surface area contributed by atoms with E-state index >= 15 is 0 Å². The highest BCUT2D eigenvalue weighted by Gasteiger charge is 2.10. The lowest BCUT2D eigenvalue weighted by atomic mass is 10.3. The van der Waals surface area contributed by atoms with Crippen LogP contribution in [0.5, 0.6) is 5.75 Å². The molecule has 0 aliphatic rings. The minimum absolute atomic E-state index is 0.0838. The number of ether oxygens (including phenoxy) is 2. The first-order chi connectivity index (χ1) is 11.0. The van der Waals surface area contributed by atoms with Crippen LogP contribution < -0.4 is 15.4 Å². The minimum Gasteiger partial charge on any atom is -0.495 e. The van der Waals surface area contributed by atoms with Crippen molar-refractivity contribution in [1.82, 2.24) is 15.0 Å². The van der Waals surface area contributed by atoms with Crippen molar-refractivity contribution in [2.45, 2.75) is 6.54 Å². The van der Waals surface area contributed by atoms with Crippen molar-refractivity contribution in [1.29, 1.82) is 0 Å². The molecule has 1 aromatic heterocycles. The first-order valence-electron chi connectivity index (χ1n) is 6.40. The van der Waals surface area contributed by atoms with Gasteiger partial charge in [-0.25, -0.2) is 9.48 Å². The molecule has 9 nitrogen and oxygen atoms in total. The zero-order chi connectivity index (χ0) is 16.8. The third kappa shape index (κ3) is 4.58. The number of aromatic nitrogens is 3. The molecule has 0 aliphatic carbocycles. The second-order valence-electron chi connectivity index (χ2n) is 4.32. The molecule has 2 amide bonds. The van der Waals surface area contributed by atoms with E-state index in [1.807, 2.05) is 0 Å². The molecular formula is C13H14ClN5O4. The molecule has 0 unspecified atom stereocenters. The number of halogens is 1. The second kappa shape index (κ2) is 7.45. The van der Waals surface area contributed by atoms with Crippen molar-refractivity contribution in [3.05, 3.63) is 29.4 Å². The van der Waals surface area contributed by atoms with Gasteiger partial charge in [-0.2, -0.15) is 0 Å². The number of nitrogens with zero attached hydrogens (tertiary/aromatic N) is 3. The van der Waals surface area contributed by atoms with Crippen LogP contribution in [0.25, 0.3) is 0 Å². The second-order valence-corrected chi connectivity index (χ2v) is 4.72. The molecule has 0 bridgehead atoms. The lowest BCUT2D eigenvalue weighted by molar-refractivity contribution is -0.116. The number of amides is 2. The third-order valence-corrected chi connectivity index (χ3v) is 2.99. The number of hydrogen-bond acceptors (Lipinski definition) is 6. The average Bonchev–Trinajstić information content (AvgIpc) is 2.94. The Morgan fingerprint density at radius 3 is 2.74 bits per heavy atom. The van der Waals surface area contributed by atoms with Gasteiger partial charge >= 0.3 is 6.09 Å². The van der Waals surface area contributed by atoms with Crippen LogP contribution in [0, 0.1) is 0 Å². The van der Waals surface area contributed by atoms with Crippen LogP contribution in [-0.2, 0) is 16.1 Å². The summed E-state index contributed by atoms with van der Waals surface area (Å²) in [4.78, 5) is 23.0. The number of methoxy groups -OCH3 is 2. The summed E-state index contributed by atoms with van der Waals surface area (Å²) in [5, 5.41) is 12.8. The zero-order valence-electron chi connectivity index (χ0n) is 12.4. The van der Waals surface area contributed by atoms with E-state index < -0.39 is 6.09 Å². The number of hydrogen-bond donors (Lipinski definition) is 2. The van der Waals surface area contributed by atoms with Crippen molar-refractivity contribution in [2.75, 3.05) is 24.9 Å². The van der Waals surface area contributed by atoms with Gasteiger partial charge in [-0.1, -0.05) is 16.8 Å². The van der Waals surface area contributed by atoms with E-state index in [2.05, 4.69) is 25.7 Å². The summed E-state index contributed by atoms with van der Waals surface area (Å²) in [7, 11) is 2.73. The molecule has 0 spiro atoms. The highest BCUT2D eigenvalue weighted by atomic mass is 35.5. The Bertz CT molecular complexity index is 718. The molecule has 23 heavy (non-hydrogen) atoms. The van der Waals surface area contributed by atoms with Gasteiger partial charge in [0, 0.05) is 5.69 Å². The summed E-state index contributed by atoms with van der Waals surface area (Å²) in [6, 6.07) is 4.88. The van der Waals surface area contributed by atoms with Crippen LogP contribution in [0.1, 0.15) is 0 Å². The van der Waals surface area contributed by atoms with Crippen LogP contribution in [0.3, 0.4) is 0 Å². The van der Waals surface area contributed by atoms with E-state index in [0.717, 1.165) is 0 Å². The van der Waals surface area contributed by atoms with E-state index in [1.54, 1.807) is 18.2 Å². The summed E-state index contributed by atoms with van der Waals surface area (Å²) in [5.74, 6) is 0.359. The molecule has 2 rings (SSSR count). The summed E-state index contributed by atoms with van der Waals surface area (Å²) < 4.78 is 10.7. The Hall–Kier alpha value is -2.81. The monoisotopic (exact) mass is 339 g/mol. The first-order valence-corrected chi connectivity index (χ1v) is 6.78. The minimum atomic E-state index is -0.672. The molecule has 2 aromatic rings. The Labute approximate surface area is 136 Å². The lowest BCUT2D eigenvalue weighted by Crippen LogP contribution is -2.19. The molecule has 0 aliphatic heterocycles. The summed E-state index contributed by atoms with van der Waals surface area (Å²) in [6.07, 6.45) is 0.728. The van der Waals surface area contributed by atoms with Crippen molar-refractivity contribution < 1.29 is 19.1 Å². The predicted molar refractivity (Wildman–Crippen MR) is 82.7 cm³/mol. The first kappa shape index (κ1) is 16.6. The maximum Gasteiger partial charge on any atom is 0.412 e. The van der Waals surface area contributed by atoms with E-state index in [1.165, 1.54) is 25.1 Å². The zero-order valence-corrected chi connectivity index (χ0v) is 13.1. The molecule has 0 saturated carbocycles. The quantitative estimate of drug-likeness (QED) is 0.859. The maximum atomic E-state index is 11.9. The van der Waals surface area contributed by atoms with Gasteiger partial charge < -0.3 is 14.8 Å². The van der Waals surface area contributed by atoms with Gasteiger partial charge in [-0.15, -0.1) is 5.10 Å². The van der Waals surface area contributed by atoms with Crippen LogP contribution in [-0.4, -0.2) is 41.2 Å². The van der Waals surface area contributed by atoms with Gasteiger partial charge in [0.15, 0.2) is 5.82 Å². The smallest absolute Gasteiger partial charge is 0.412 e. The third-order valence-electron chi connectivity index (χ3n) is 2.70. The van der Waals surface area contributed by atoms with Crippen LogP contribution in [0.2, 0.25) is 5.02 Å². The lowest BCUT2D eigenvalue weighted by Gasteiger charge is -2.07. The van der Waals surface area contributed by atoms with Gasteiger partial charge in [-0.3, -0.25) is 10.1 Å². The number of nitrogens with one attached hydrogen (secondary N) is 2. The largest absolute Gasteiger partial charge is 0.495 e. The van der Waals surface area contributed by atoms with Crippen molar-refractivity contribution in [3.63, 3.8) is 0 Å². The fraction of sp³-hybridized carbons (Fsp3) is 0.231. The van der Waals surface area contributed by atoms with Crippen molar-refractivity contribution in [2.24, 2.45) is 0 Å².